The molecule has 30 heavy (non-hydrogen) atoms. The average Bonchev–Trinajstić information content (AvgIpc) is 2.70. The molecule has 1 saturated heterocycles. The lowest BCUT2D eigenvalue weighted by Crippen LogP contribution is -2.41. The fraction of sp³-hybridized carbons (Fsp3) is 0.238. The summed E-state index contributed by atoms with van der Waals surface area (Å²) in [6, 6.07) is 7.66. The molecule has 3 rings (SSSR count). The van der Waals surface area contributed by atoms with Gasteiger partial charge >= 0.3 is 17.9 Å². The summed E-state index contributed by atoms with van der Waals surface area (Å²) in [5.41, 5.74) is 0.525. The van der Waals surface area contributed by atoms with E-state index in [4.69, 9.17) is 18.9 Å². The molecule has 9 nitrogen and oxygen atoms in total. The van der Waals surface area contributed by atoms with Crippen LogP contribution >= 0.6 is 0 Å². The summed E-state index contributed by atoms with van der Waals surface area (Å²) >= 11 is 0. The van der Waals surface area contributed by atoms with Crippen LogP contribution in [0.2, 0.25) is 0 Å². The maximum Gasteiger partial charge on any atom is 0.348 e. The van der Waals surface area contributed by atoms with Crippen molar-refractivity contribution in [3.8, 4) is 17.4 Å². The predicted molar refractivity (Wildman–Crippen MR) is 103 cm³/mol. The highest BCUT2D eigenvalue weighted by Crippen LogP contribution is 2.33. The molecule has 2 aromatic rings. The SMILES string of the molecule is COC(=O)c1ccnc(Oc2ccc(C=C3C(=O)OC(C)(C)OC3=O)cc2OC)c1. The van der Waals surface area contributed by atoms with E-state index in [9.17, 15) is 14.4 Å². The summed E-state index contributed by atoms with van der Waals surface area (Å²) in [5, 5.41) is 0. The Bertz CT molecular complexity index is 1020. The summed E-state index contributed by atoms with van der Waals surface area (Å²) in [6.45, 7) is 2.94. The number of carbonyl (C=O) groups excluding carboxylic acids is 3. The fourth-order valence-electron chi connectivity index (χ4n) is 2.63. The largest absolute Gasteiger partial charge is 0.493 e. The zero-order valence-corrected chi connectivity index (χ0v) is 16.8. The maximum absolute atomic E-state index is 12.1. The maximum atomic E-state index is 12.1. The first-order valence-corrected chi connectivity index (χ1v) is 8.81. The normalized spacial score (nSPS) is 15.0. The Balaban J connectivity index is 1.86. The van der Waals surface area contributed by atoms with Crippen molar-refractivity contribution in [1.29, 1.82) is 0 Å². The van der Waals surface area contributed by atoms with E-state index in [1.54, 1.807) is 18.2 Å². The Morgan fingerprint density at radius 1 is 1.03 bits per heavy atom. The van der Waals surface area contributed by atoms with E-state index < -0.39 is 23.7 Å². The van der Waals surface area contributed by atoms with Crippen LogP contribution in [0.25, 0.3) is 6.08 Å². The number of hydrogen-bond donors (Lipinski definition) is 0. The molecule has 0 aliphatic carbocycles. The second-order valence-corrected chi connectivity index (χ2v) is 6.62. The van der Waals surface area contributed by atoms with E-state index in [0.29, 0.717) is 17.1 Å². The standard InChI is InChI=1S/C21H19NO8/c1-21(2)29-19(24)14(20(25)30-21)9-12-5-6-15(16(10-12)26-3)28-17-11-13(7-8-22-17)18(23)27-4/h5-11H,1-4H3. The monoisotopic (exact) mass is 413 g/mol. The number of ether oxygens (including phenoxy) is 5. The molecule has 1 fully saturated rings. The predicted octanol–water partition coefficient (Wildman–Crippen LogP) is 2.89. The molecule has 1 aromatic carbocycles. The minimum Gasteiger partial charge on any atom is -0.493 e. The number of esters is 3. The Kier molecular flexibility index (Phi) is 5.72. The number of methoxy groups -OCH3 is 2. The number of benzene rings is 1. The van der Waals surface area contributed by atoms with Crippen molar-refractivity contribution in [2.45, 2.75) is 19.6 Å². The molecule has 1 aromatic heterocycles. The van der Waals surface area contributed by atoms with Crippen LogP contribution in [0.5, 0.6) is 17.4 Å². The van der Waals surface area contributed by atoms with Crippen molar-refractivity contribution in [2.75, 3.05) is 14.2 Å². The number of hydrogen-bond acceptors (Lipinski definition) is 9. The van der Waals surface area contributed by atoms with Gasteiger partial charge in [-0.25, -0.2) is 19.4 Å². The number of rotatable bonds is 5. The highest BCUT2D eigenvalue weighted by molar-refractivity contribution is 6.18. The molecule has 0 N–H and O–H groups in total. The zero-order valence-electron chi connectivity index (χ0n) is 16.8. The minimum absolute atomic E-state index is 0.156. The Morgan fingerprint density at radius 2 is 1.73 bits per heavy atom. The Hall–Kier alpha value is -3.88. The molecular formula is C21H19NO8. The number of aromatic nitrogens is 1. The van der Waals surface area contributed by atoms with Crippen LogP contribution in [0, 0.1) is 0 Å². The molecule has 0 radical (unpaired) electrons. The summed E-state index contributed by atoms with van der Waals surface area (Å²) in [6.07, 6.45) is 2.75. The summed E-state index contributed by atoms with van der Waals surface area (Å²) < 4.78 is 25.9. The molecule has 156 valence electrons. The van der Waals surface area contributed by atoms with E-state index in [1.807, 2.05) is 0 Å². The zero-order chi connectivity index (χ0) is 21.9. The molecule has 1 aliphatic rings. The van der Waals surface area contributed by atoms with Gasteiger partial charge in [0, 0.05) is 26.1 Å². The third-order valence-electron chi connectivity index (χ3n) is 3.99. The van der Waals surface area contributed by atoms with Crippen molar-refractivity contribution < 1.29 is 38.1 Å². The lowest BCUT2D eigenvalue weighted by atomic mass is 10.1. The van der Waals surface area contributed by atoms with Crippen molar-refractivity contribution in [3.63, 3.8) is 0 Å². The van der Waals surface area contributed by atoms with Gasteiger partial charge in [-0.1, -0.05) is 6.07 Å². The third-order valence-corrected chi connectivity index (χ3v) is 3.99. The Morgan fingerprint density at radius 3 is 2.37 bits per heavy atom. The van der Waals surface area contributed by atoms with Crippen molar-refractivity contribution in [2.24, 2.45) is 0 Å². The van der Waals surface area contributed by atoms with E-state index in [0.717, 1.165) is 0 Å². The number of pyridine rings is 1. The van der Waals surface area contributed by atoms with Crippen LogP contribution < -0.4 is 9.47 Å². The molecule has 0 atom stereocenters. The minimum atomic E-state index is -1.31. The van der Waals surface area contributed by atoms with Gasteiger partial charge in [-0.05, 0) is 29.8 Å². The van der Waals surface area contributed by atoms with Gasteiger partial charge in [-0.3, -0.25) is 0 Å². The lowest BCUT2D eigenvalue weighted by Gasteiger charge is -2.29. The van der Waals surface area contributed by atoms with Crippen molar-refractivity contribution in [3.05, 3.63) is 53.2 Å². The van der Waals surface area contributed by atoms with E-state index >= 15 is 0 Å². The first-order chi connectivity index (χ1) is 14.2. The molecular weight excluding hydrogens is 394 g/mol. The highest BCUT2D eigenvalue weighted by Gasteiger charge is 2.38. The molecule has 0 amide bonds. The van der Waals surface area contributed by atoms with Crippen LogP contribution in [0.3, 0.4) is 0 Å². The van der Waals surface area contributed by atoms with Crippen LogP contribution in [-0.2, 0) is 23.8 Å². The second kappa shape index (κ2) is 8.24. The molecule has 9 heteroatoms. The molecule has 0 saturated carbocycles. The fourth-order valence-corrected chi connectivity index (χ4v) is 2.63. The van der Waals surface area contributed by atoms with Gasteiger partial charge in [0.1, 0.15) is 5.57 Å². The summed E-state index contributed by atoms with van der Waals surface area (Å²) in [5.74, 6) is -2.61. The smallest absolute Gasteiger partial charge is 0.348 e. The lowest BCUT2D eigenvalue weighted by molar-refractivity contribution is -0.222. The van der Waals surface area contributed by atoms with Crippen molar-refractivity contribution >= 4 is 24.0 Å². The molecule has 1 aliphatic heterocycles. The van der Waals surface area contributed by atoms with Gasteiger partial charge in [0.25, 0.3) is 5.79 Å². The van der Waals surface area contributed by atoms with E-state index in [2.05, 4.69) is 9.72 Å². The third kappa shape index (κ3) is 4.57. The first kappa shape index (κ1) is 20.8. The first-order valence-electron chi connectivity index (χ1n) is 8.81. The van der Waals surface area contributed by atoms with E-state index in [1.165, 1.54) is 52.5 Å². The number of cyclic esters (lactones) is 2. The summed E-state index contributed by atoms with van der Waals surface area (Å²) in [7, 11) is 2.71. The topological polar surface area (TPSA) is 110 Å². The number of carbonyl (C=O) groups is 3. The summed E-state index contributed by atoms with van der Waals surface area (Å²) in [4.78, 5) is 39.9. The van der Waals surface area contributed by atoms with Gasteiger partial charge in [-0.15, -0.1) is 0 Å². The van der Waals surface area contributed by atoms with Gasteiger partial charge in [0.2, 0.25) is 5.88 Å². The molecule has 0 unspecified atom stereocenters. The highest BCUT2D eigenvalue weighted by atomic mass is 16.7. The van der Waals surface area contributed by atoms with Crippen LogP contribution in [0.15, 0.2) is 42.1 Å². The molecule has 0 spiro atoms. The van der Waals surface area contributed by atoms with Gasteiger partial charge < -0.3 is 23.7 Å². The van der Waals surface area contributed by atoms with Crippen LogP contribution in [-0.4, -0.2) is 42.9 Å². The van der Waals surface area contributed by atoms with E-state index in [-0.39, 0.29) is 17.0 Å². The molecule has 2 heterocycles. The average molecular weight is 413 g/mol. The van der Waals surface area contributed by atoms with Crippen LogP contribution in [0.1, 0.15) is 29.8 Å². The van der Waals surface area contributed by atoms with Crippen LogP contribution in [0.4, 0.5) is 0 Å². The quantitative estimate of drug-likeness (QED) is 0.415. The Labute approximate surface area is 172 Å². The number of nitrogens with zero attached hydrogens (tertiary/aromatic N) is 1. The van der Waals surface area contributed by atoms with Gasteiger partial charge in [-0.2, -0.15) is 0 Å². The van der Waals surface area contributed by atoms with Gasteiger partial charge in [0.15, 0.2) is 11.5 Å². The van der Waals surface area contributed by atoms with Gasteiger partial charge in [0.05, 0.1) is 19.8 Å². The molecule has 0 bridgehead atoms. The van der Waals surface area contributed by atoms with Crippen molar-refractivity contribution in [1.82, 2.24) is 4.98 Å². The second-order valence-electron chi connectivity index (χ2n) is 6.62.